The molecular formula is C16H28N4O2. The zero-order chi connectivity index (χ0) is 15.6. The lowest BCUT2D eigenvalue weighted by Crippen LogP contribution is -2.62. The quantitative estimate of drug-likeness (QED) is 0.727. The van der Waals surface area contributed by atoms with Gasteiger partial charge in [0.25, 0.3) is 0 Å². The first kappa shape index (κ1) is 15.6. The molecule has 2 atom stereocenters. The Morgan fingerprint density at radius 3 is 2.64 bits per heavy atom. The Labute approximate surface area is 132 Å². The summed E-state index contributed by atoms with van der Waals surface area (Å²) in [5.74, 6) is 0.160. The van der Waals surface area contributed by atoms with Gasteiger partial charge in [0.1, 0.15) is 5.54 Å². The Morgan fingerprint density at radius 2 is 1.91 bits per heavy atom. The van der Waals surface area contributed by atoms with Gasteiger partial charge in [0.05, 0.1) is 0 Å². The van der Waals surface area contributed by atoms with Crippen molar-refractivity contribution in [1.82, 2.24) is 20.9 Å². The Balaban J connectivity index is 1.79. The van der Waals surface area contributed by atoms with Crippen molar-refractivity contribution in [2.45, 2.75) is 69.5 Å². The molecule has 2 saturated heterocycles. The highest BCUT2D eigenvalue weighted by Gasteiger charge is 2.49. The lowest BCUT2D eigenvalue weighted by atomic mass is 9.94. The molecule has 0 aromatic rings. The number of nitrogens with zero attached hydrogens (tertiary/aromatic N) is 1. The summed E-state index contributed by atoms with van der Waals surface area (Å²) in [6.07, 6.45) is 6.78. The molecule has 3 aliphatic rings. The van der Waals surface area contributed by atoms with E-state index in [-0.39, 0.29) is 11.9 Å². The van der Waals surface area contributed by atoms with Crippen molar-refractivity contribution in [1.29, 1.82) is 0 Å². The topological polar surface area (TPSA) is 73.5 Å². The standard InChI is InChI=1S/C16H28N4O2/c1-2-18-15(22)19-16(8-3-4-9-16)14(21)20-12-5-6-13(20)11-17-10-7-12/h12-13,17H,2-11H2,1H3,(H2,18,19,22). The monoisotopic (exact) mass is 308 g/mol. The lowest BCUT2D eigenvalue weighted by Gasteiger charge is -2.38. The number of urea groups is 1. The summed E-state index contributed by atoms with van der Waals surface area (Å²) >= 11 is 0. The minimum Gasteiger partial charge on any atom is -0.338 e. The summed E-state index contributed by atoms with van der Waals surface area (Å²) in [6, 6.07) is 0.438. The first-order chi connectivity index (χ1) is 10.7. The van der Waals surface area contributed by atoms with E-state index in [4.69, 9.17) is 0 Å². The molecule has 124 valence electrons. The van der Waals surface area contributed by atoms with Crippen LogP contribution in [0.15, 0.2) is 0 Å². The molecule has 3 N–H and O–H groups in total. The number of amides is 3. The van der Waals surface area contributed by atoms with Gasteiger partial charge in [-0.15, -0.1) is 0 Å². The fourth-order valence-corrected chi connectivity index (χ4v) is 4.35. The number of hydrogen-bond acceptors (Lipinski definition) is 3. The molecule has 3 fully saturated rings. The van der Waals surface area contributed by atoms with Gasteiger partial charge in [-0.25, -0.2) is 4.79 Å². The van der Waals surface area contributed by atoms with Gasteiger partial charge in [0, 0.05) is 25.2 Å². The normalized spacial score (nSPS) is 30.0. The molecule has 22 heavy (non-hydrogen) atoms. The van der Waals surface area contributed by atoms with Crippen LogP contribution in [0.3, 0.4) is 0 Å². The Kier molecular flexibility index (Phi) is 4.57. The fourth-order valence-electron chi connectivity index (χ4n) is 4.35. The molecule has 3 rings (SSSR count). The van der Waals surface area contributed by atoms with Crippen molar-refractivity contribution in [3.8, 4) is 0 Å². The summed E-state index contributed by atoms with van der Waals surface area (Å²) in [5, 5.41) is 9.22. The molecule has 6 heteroatoms. The van der Waals surface area contributed by atoms with Gasteiger partial charge in [0.15, 0.2) is 0 Å². The van der Waals surface area contributed by atoms with Crippen molar-refractivity contribution in [2.75, 3.05) is 19.6 Å². The third kappa shape index (κ3) is 2.81. The first-order valence-corrected chi connectivity index (χ1v) is 8.76. The van der Waals surface area contributed by atoms with Crippen LogP contribution < -0.4 is 16.0 Å². The van der Waals surface area contributed by atoms with Crippen LogP contribution in [0.1, 0.15) is 51.9 Å². The molecule has 3 amide bonds. The highest BCUT2D eigenvalue weighted by atomic mass is 16.2. The average molecular weight is 308 g/mol. The van der Waals surface area contributed by atoms with Gasteiger partial charge in [-0.1, -0.05) is 12.8 Å². The molecule has 2 bridgehead atoms. The number of carbonyl (C=O) groups is 2. The van der Waals surface area contributed by atoms with Gasteiger partial charge in [-0.3, -0.25) is 4.79 Å². The van der Waals surface area contributed by atoms with Gasteiger partial charge < -0.3 is 20.9 Å². The van der Waals surface area contributed by atoms with Gasteiger partial charge in [0.2, 0.25) is 5.91 Å². The van der Waals surface area contributed by atoms with E-state index < -0.39 is 5.54 Å². The van der Waals surface area contributed by atoms with Gasteiger partial charge in [-0.2, -0.15) is 0 Å². The molecule has 2 aliphatic heterocycles. The van der Waals surface area contributed by atoms with Crippen LogP contribution in [0.2, 0.25) is 0 Å². The van der Waals surface area contributed by atoms with Crippen LogP contribution >= 0.6 is 0 Å². The third-order valence-corrected chi connectivity index (χ3v) is 5.45. The number of nitrogens with one attached hydrogen (secondary N) is 3. The molecule has 1 saturated carbocycles. The third-order valence-electron chi connectivity index (χ3n) is 5.45. The van der Waals surface area contributed by atoms with Crippen molar-refractivity contribution < 1.29 is 9.59 Å². The first-order valence-electron chi connectivity index (χ1n) is 8.76. The predicted octanol–water partition coefficient (Wildman–Crippen LogP) is 0.971. The molecule has 0 aromatic carbocycles. The van der Waals surface area contributed by atoms with E-state index in [0.717, 1.165) is 58.0 Å². The smallest absolute Gasteiger partial charge is 0.315 e. The summed E-state index contributed by atoms with van der Waals surface area (Å²) in [4.78, 5) is 27.5. The van der Waals surface area contributed by atoms with E-state index >= 15 is 0 Å². The Hall–Kier alpha value is -1.30. The van der Waals surface area contributed by atoms with E-state index in [1.54, 1.807) is 0 Å². The zero-order valence-corrected chi connectivity index (χ0v) is 13.5. The molecule has 2 heterocycles. The maximum atomic E-state index is 13.3. The number of rotatable bonds is 3. The Bertz CT molecular complexity index is 420. The van der Waals surface area contributed by atoms with Crippen LogP contribution in [0, 0.1) is 0 Å². The minimum atomic E-state index is -0.676. The van der Waals surface area contributed by atoms with E-state index in [1.165, 1.54) is 0 Å². The van der Waals surface area contributed by atoms with Gasteiger partial charge >= 0.3 is 6.03 Å². The molecular weight excluding hydrogens is 280 g/mol. The average Bonchev–Trinajstić information content (AvgIpc) is 3.03. The second-order valence-corrected chi connectivity index (χ2v) is 6.86. The van der Waals surface area contributed by atoms with Crippen LogP contribution in [0.25, 0.3) is 0 Å². The fraction of sp³-hybridized carbons (Fsp3) is 0.875. The highest BCUT2D eigenvalue weighted by Crippen LogP contribution is 2.36. The van der Waals surface area contributed by atoms with Gasteiger partial charge in [-0.05, 0) is 45.6 Å². The summed E-state index contributed by atoms with van der Waals surface area (Å²) in [5.41, 5.74) is -0.676. The van der Waals surface area contributed by atoms with Crippen LogP contribution in [0.5, 0.6) is 0 Å². The van der Waals surface area contributed by atoms with E-state index in [1.807, 2.05) is 6.92 Å². The van der Waals surface area contributed by atoms with Crippen LogP contribution in [-0.4, -0.2) is 54.1 Å². The Morgan fingerprint density at radius 1 is 1.18 bits per heavy atom. The van der Waals surface area contributed by atoms with E-state index in [9.17, 15) is 9.59 Å². The van der Waals surface area contributed by atoms with Crippen molar-refractivity contribution in [3.63, 3.8) is 0 Å². The summed E-state index contributed by atoms with van der Waals surface area (Å²) < 4.78 is 0. The van der Waals surface area contributed by atoms with Crippen molar-refractivity contribution in [3.05, 3.63) is 0 Å². The summed E-state index contributed by atoms with van der Waals surface area (Å²) in [6.45, 7) is 4.35. The molecule has 0 radical (unpaired) electrons. The second kappa shape index (κ2) is 6.44. The maximum Gasteiger partial charge on any atom is 0.315 e. The van der Waals surface area contributed by atoms with Crippen molar-refractivity contribution >= 4 is 11.9 Å². The highest BCUT2D eigenvalue weighted by molar-refractivity contribution is 5.92. The second-order valence-electron chi connectivity index (χ2n) is 6.86. The number of fused-ring (bicyclic) bond motifs is 2. The van der Waals surface area contributed by atoms with E-state index in [2.05, 4.69) is 20.9 Å². The lowest BCUT2D eigenvalue weighted by molar-refractivity contribution is -0.140. The van der Waals surface area contributed by atoms with Crippen molar-refractivity contribution in [2.24, 2.45) is 0 Å². The SMILES string of the molecule is CCNC(=O)NC1(C(=O)N2C3CCNCC2CC3)CCCC1. The number of hydrogen-bond donors (Lipinski definition) is 3. The molecule has 0 spiro atoms. The molecule has 2 unspecified atom stereocenters. The largest absolute Gasteiger partial charge is 0.338 e. The summed E-state index contributed by atoms with van der Waals surface area (Å²) in [7, 11) is 0. The van der Waals surface area contributed by atoms with E-state index in [0.29, 0.717) is 18.6 Å². The molecule has 0 aromatic heterocycles. The van der Waals surface area contributed by atoms with Crippen LogP contribution in [0.4, 0.5) is 4.79 Å². The minimum absolute atomic E-state index is 0.160. The maximum absolute atomic E-state index is 13.3. The predicted molar refractivity (Wildman–Crippen MR) is 84.6 cm³/mol. The molecule has 1 aliphatic carbocycles. The molecule has 6 nitrogen and oxygen atoms in total. The zero-order valence-electron chi connectivity index (χ0n) is 13.5. The number of carbonyl (C=O) groups excluding carboxylic acids is 2. The van der Waals surface area contributed by atoms with Crippen LogP contribution in [-0.2, 0) is 4.79 Å².